The van der Waals surface area contributed by atoms with E-state index in [1.54, 1.807) is 6.20 Å². The molecule has 0 atom stereocenters. The van der Waals surface area contributed by atoms with Crippen molar-refractivity contribution >= 4 is 39.4 Å². The Hall–Kier alpha value is -1.92. The van der Waals surface area contributed by atoms with E-state index in [0.29, 0.717) is 16.7 Å². The predicted molar refractivity (Wildman–Crippen MR) is 83.9 cm³/mol. The predicted octanol–water partition coefficient (Wildman–Crippen LogP) is 1.58. The number of aryl methyl sites for hydroxylation is 1. The summed E-state index contributed by atoms with van der Waals surface area (Å²) in [5.41, 5.74) is 1.62. The summed E-state index contributed by atoms with van der Waals surface area (Å²) in [6.45, 7) is 1.88. The van der Waals surface area contributed by atoms with Crippen LogP contribution >= 0.6 is 11.6 Å². The van der Waals surface area contributed by atoms with Gasteiger partial charge in [0.25, 0.3) is 0 Å². The second-order valence-corrected chi connectivity index (χ2v) is 5.85. The summed E-state index contributed by atoms with van der Waals surface area (Å²) in [6.07, 6.45) is 3.63. The summed E-state index contributed by atoms with van der Waals surface area (Å²) in [6, 6.07) is 2.41. The number of likely N-dealkylation sites (N-methyl/N-ethyl adjacent to an activating group) is 1. The summed E-state index contributed by atoms with van der Waals surface area (Å²) < 4.78 is 1.81. The quantitative estimate of drug-likeness (QED) is 0.779. The van der Waals surface area contributed by atoms with Crippen molar-refractivity contribution in [1.29, 1.82) is 0 Å². The molecule has 7 heteroatoms. The fourth-order valence-corrected chi connectivity index (χ4v) is 2.94. The van der Waals surface area contributed by atoms with Crippen molar-refractivity contribution in [2.24, 2.45) is 7.05 Å². The summed E-state index contributed by atoms with van der Waals surface area (Å²) in [5.74, 6) is 0.902. The zero-order chi connectivity index (χ0) is 14.6. The molecule has 1 saturated heterocycles. The molecule has 0 radical (unpaired) electrons. The highest BCUT2D eigenvalue weighted by Gasteiger charge is 2.29. The molecule has 108 valence electrons. The zero-order valence-corrected chi connectivity index (χ0v) is 12.6. The third-order valence-corrected chi connectivity index (χ3v) is 4.17. The molecule has 0 aliphatic carbocycles. The SMILES string of the molecule is CNC1CN(c2nc3ncc(Cl)cc3c3cn(C)nc23)C1. The van der Waals surface area contributed by atoms with Crippen molar-refractivity contribution in [3.05, 3.63) is 23.5 Å². The fraction of sp³-hybridized carbons (Fsp3) is 0.357. The van der Waals surface area contributed by atoms with Crippen LogP contribution in [-0.2, 0) is 7.05 Å². The molecule has 4 heterocycles. The van der Waals surface area contributed by atoms with Crippen molar-refractivity contribution < 1.29 is 0 Å². The lowest BCUT2D eigenvalue weighted by atomic mass is 10.1. The van der Waals surface area contributed by atoms with Gasteiger partial charge in [0.15, 0.2) is 11.5 Å². The van der Waals surface area contributed by atoms with Crippen LogP contribution in [0.1, 0.15) is 0 Å². The van der Waals surface area contributed by atoms with Gasteiger partial charge in [-0.25, -0.2) is 9.97 Å². The van der Waals surface area contributed by atoms with E-state index >= 15 is 0 Å². The molecule has 6 nitrogen and oxygen atoms in total. The number of pyridine rings is 2. The van der Waals surface area contributed by atoms with Crippen molar-refractivity contribution in [3.63, 3.8) is 0 Å². The van der Waals surface area contributed by atoms with Gasteiger partial charge in [0, 0.05) is 49.3 Å². The van der Waals surface area contributed by atoms with Gasteiger partial charge in [-0.15, -0.1) is 0 Å². The summed E-state index contributed by atoms with van der Waals surface area (Å²) in [7, 11) is 3.90. The minimum atomic E-state index is 0.513. The smallest absolute Gasteiger partial charge is 0.162 e. The van der Waals surface area contributed by atoms with Crippen LogP contribution in [0.25, 0.3) is 21.9 Å². The highest BCUT2D eigenvalue weighted by atomic mass is 35.5. The topological polar surface area (TPSA) is 58.9 Å². The van der Waals surface area contributed by atoms with Gasteiger partial charge in [0.2, 0.25) is 0 Å². The van der Waals surface area contributed by atoms with Crippen LogP contribution in [0.15, 0.2) is 18.5 Å². The van der Waals surface area contributed by atoms with Gasteiger partial charge < -0.3 is 10.2 Å². The summed E-state index contributed by atoms with van der Waals surface area (Å²) >= 11 is 6.07. The van der Waals surface area contributed by atoms with E-state index in [-0.39, 0.29) is 0 Å². The molecule has 0 unspecified atom stereocenters. The monoisotopic (exact) mass is 302 g/mol. The van der Waals surface area contributed by atoms with Crippen molar-refractivity contribution in [2.45, 2.75) is 6.04 Å². The van der Waals surface area contributed by atoms with E-state index in [1.165, 1.54) is 0 Å². The number of hydrogen-bond acceptors (Lipinski definition) is 5. The third kappa shape index (κ3) is 1.94. The van der Waals surface area contributed by atoms with Crippen LogP contribution in [-0.4, -0.2) is 45.9 Å². The molecule has 0 saturated carbocycles. The number of nitrogens with zero attached hydrogens (tertiary/aromatic N) is 5. The van der Waals surface area contributed by atoms with E-state index in [9.17, 15) is 0 Å². The Balaban J connectivity index is 1.95. The Labute approximate surface area is 126 Å². The number of fused-ring (bicyclic) bond motifs is 3. The van der Waals surface area contributed by atoms with Gasteiger partial charge in [-0.3, -0.25) is 4.68 Å². The maximum absolute atomic E-state index is 6.07. The lowest BCUT2D eigenvalue weighted by Crippen LogP contribution is -2.57. The minimum absolute atomic E-state index is 0.513. The molecule has 1 aliphatic rings. The molecule has 21 heavy (non-hydrogen) atoms. The van der Waals surface area contributed by atoms with Gasteiger partial charge in [-0.1, -0.05) is 11.6 Å². The normalized spacial score (nSPS) is 15.9. The largest absolute Gasteiger partial charge is 0.351 e. The Bertz CT molecular complexity index is 836. The third-order valence-electron chi connectivity index (χ3n) is 3.97. The highest BCUT2D eigenvalue weighted by Crippen LogP contribution is 2.32. The van der Waals surface area contributed by atoms with Gasteiger partial charge in [-0.2, -0.15) is 5.10 Å². The number of rotatable bonds is 2. The number of nitrogens with one attached hydrogen (secondary N) is 1. The van der Waals surface area contributed by atoms with Crippen LogP contribution in [0.2, 0.25) is 5.02 Å². The van der Waals surface area contributed by atoms with E-state index in [0.717, 1.165) is 35.2 Å². The van der Waals surface area contributed by atoms with Gasteiger partial charge in [0.1, 0.15) is 5.52 Å². The molecule has 4 rings (SSSR count). The van der Waals surface area contributed by atoms with Gasteiger partial charge >= 0.3 is 0 Å². The molecule has 1 aliphatic heterocycles. The Morgan fingerprint density at radius 1 is 1.33 bits per heavy atom. The lowest BCUT2D eigenvalue weighted by Gasteiger charge is -2.39. The van der Waals surface area contributed by atoms with Crippen molar-refractivity contribution in [2.75, 3.05) is 25.0 Å². The lowest BCUT2D eigenvalue weighted by molar-refractivity contribution is 0.448. The second-order valence-electron chi connectivity index (χ2n) is 5.42. The standard InChI is InChI=1S/C14H15ClN6/c1-16-9-5-21(6-9)14-12-11(7-20(2)19-12)10-3-8(15)4-17-13(10)18-14/h3-4,7,9,16H,5-6H2,1-2H3. The first-order valence-electron chi connectivity index (χ1n) is 6.86. The average Bonchev–Trinajstić information content (AvgIpc) is 2.80. The van der Waals surface area contributed by atoms with Crippen molar-refractivity contribution in [3.8, 4) is 0 Å². The van der Waals surface area contributed by atoms with Crippen LogP contribution in [0.5, 0.6) is 0 Å². The Morgan fingerprint density at radius 3 is 2.90 bits per heavy atom. The Morgan fingerprint density at radius 2 is 2.14 bits per heavy atom. The van der Waals surface area contributed by atoms with Crippen LogP contribution in [0.4, 0.5) is 5.82 Å². The van der Waals surface area contributed by atoms with E-state index in [2.05, 4.69) is 20.3 Å². The van der Waals surface area contributed by atoms with Crippen LogP contribution in [0, 0.1) is 0 Å². The molecule has 0 amide bonds. The molecule has 0 bridgehead atoms. The maximum Gasteiger partial charge on any atom is 0.162 e. The first-order valence-corrected chi connectivity index (χ1v) is 7.24. The molecule has 1 fully saturated rings. The highest BCUT2D eigenvalue weighted by molar-refractivity contribution is 6.31. The van der Waals surface area contributed by atoms with Gasteiger partial charge in [-0.05, 0) is 13.1 Å². The number of aromatic nitrogens is 4. The molecule has 3 aromatic rings. The molecule has 1 N–H and O–H groups in total. The first-order chi connectivity index (χ1) is 10.2. The number of halogens is 1. The molecule has 0 spiro atoms. The van der Waals surface area contributed by atoms with Crippen LogP contribution < -0.4 is 10.2 Å². The first kappa shape index (κ1) is 12.8. The second kappa shape index (κ2) is 4.54. The van der Waals surface area contributed by atoms with E-state index in [4.69, 9.17) is 16.6 Å². The molecule has 3 aromatic heterocycles. The number of hydrogen-bond donors (Lipinski definition) is 1. The fourth-order valence-electron chi connectivity index (χ4n) is 2.78. The summed E-state index contributed by atoms with van der Waals surface area (Å²) in [5, 5.41) is 10.4. The molecule has 0 aromatic carbocycles. The molecular weight excluding hydrogens is 288 g/mol. The zero-order valence-electron chi connectivity index (χ0n) is 11.8. The Kier molecular flexibility index (Phi) is 2.77. The van der Waals surface area contributed by atoms with E-state index < -0.39 is 0 Å². The van der Waals surface area contributed by atoms with E-state index in [1.807, 2.05) is 31.0 Å². The number of anilines is 1. The average molecular weight is 303 g/mol. The van der Waals surface area contributed by atoms with Crippen molar-refractivity contribution in [1.82, 2.24) is 25.1 Å². The van der Waals surface area contributed by atoms with Crippen LogP contribution in [0.3, 0.4) is 0 Å². The maximum atomic E-state index is 6.07. The molecular formula is C14H15ClN6. The summed E-state index contributed by atoms with van der Waals surface area (Å²) in [4.78, 5) is 11.3. The van der Waals surface area contributed by atoms with Gasteiger partial charge in [0.05, 0.1) is 5.02 Å². The minimum Gasteiger partial charge on any atom is -0.351 e.